The van der Waals surface area contributed by atoms with Gasteiger partial charge in [-0.2, -0.15) is 0 Å². The predicted octanol–water partition coefficient (Wildman–Crippen LogP) is 2.51. The summed E-state index contributed by atoms with van der Waals surface area (Å²) in [5.74, 6) is -1.07. The summed E-state index contributed by atoms with van der Waals surface area (Å²) in [5, 5.41) is 8.38. The molecule has 0 fully saturated rings. The van der Waals surface area contributed by atoms with Gasteiger partial charge in [0.1, 0.15) is 0 Å². The number of rotatable bonds is 6. The van der Waals surface area contributed by atoms with Crippen LogP contribution in [0.5, 0.6) is 0 Å². The van der Waals surface area contributed by atoms with Gasteiger partial charge in [0.15, 0.2) is 9.84 Å². The van der Waals surface area contributed by atoms with Crippen LogP contribution < -0.4 is 5.48 Å². The molecule has 0 aliphatic heterocycles. The minimum Gasteiger partial charge on any atom is -0.289 e. The molecule has 2 aromatic rings. The van der Waals surface area contributed by atoms with Gasteiger partial charge in [0.05, 0.1) is 10.6 Å². The minimum absolute atomic E-state index is 0.163. The van der Waals surface area contributed by atoms with Gasteiger partial charge in [-0.1, -0.05) is 30.0 Å². The highest BCUT2D eigenvalue weighted by Gasteiger charge is 2.16. The summed E-state index contributed by atoms with van der Waals surface area (Å²) in [5.41, 5.74) is 1.42. The maximum Gasteiger partial charge on any atom is 0.244 e. The molecule has 5 nitrogen and oxygen atoms in total. The Labute approximate surface area is 133 Å². The number of hydrogen-bond acceptors (Lipinski definition) is 5. The molecule has 0 atom stereocenters. The van der Waals surface area contributed by atoms with Gasteiger partial charge in [-0.25, -0.2) is 13.9 Å². The molecule has 0 unspecified atom stereocenters. The maximum absolute atomic E-state index is 12.1. The smallest absolute Gasteiger partial charge is 0.244 e. The van der Waals surface area contributed by atoms with E-state index in [1.165, 1.54) is 29.4 Å². The van der Waals surface area contributed by atoms with Crippen molar-refractivity contribution in [3.63, 3.8) is 0 Å². The Morgan fingerprint density at radius 2 is 1.59 bits per heavy atom. The largest absolute Gasteiger partial charge is 0.289 e. The van der Waals surface area contributed by atoms with Crippen molar-refractivity contribution in [1.29, 1.82) is 0 Å². The molecular formula is C15H15NO4S2. The van der Waals surface area contributed by atoms with E-state index >= 15 is 0 Å². The standard InChI is InChI=1S/C15H15NO4S2/c17-15(16-18)10-11-22(19,20)14-8-6-13(7-9-14)21-12-4-2-1-3-5-12/h1-9,18H,10-11H2,(H,16,17). The van der Waals surface area contributed by atoms with E-state index in [-0.39, 0.29) is 17.1 Å². The van der Waals surface area contributed by atoms with Crippen molar-refractivity contribution in [2.24, 2.45) is 0 Å². The number of amides is 1. The summed E-state index contributed by atoms with van der Waals surface area (Å²) >= 11 is 1.54. The lowest BCUT2D eigenvalue weighted by Crippen LogP contribution is -2.22. The van der Waals surface area contributed by atoms with E-state index in [0.717, 1.165) is 9.79 Å². The second-order valence-corrected chi connectivity index (χ2v) is 7.75. The van der Waals surface area contributed by atoms with Crippen LogP contribution in [0.1, 0.15) is 6.42 Å². The number of carbonyl (C=O) groups excluding carboxylic acids is 1. The molecule has 0 aromatic heterocycles. The maximum atomic E-state index is 12.1. The summed E-state index contributed by atoms with van der Waals surface area (Å²) in [6, 6.07) is 16.3. The van der Waals surface area contributed by atoms with E-state index in [4.69, 9.17) is 5.21 Å². The van der Waals surface area contributed by atoms with Crippen molar-refractivity contribution in [2.75, 3.05) is 5.75 Å². The first-order valence-corrected chi connectivity index (χ1v) is 8.97. The van der Waals surface area contributed by atoms with E-state index in [0.29, 0.717) is 0 Å². The average molecular weight is 337 g/mol. The van der Waals surface area contributed by atoms with Crippen LogP contribution in [0.2, 0.25) is 0 Å². The topological polar surface area (TPSA) is 83.5 Å². The third kappa shape index (κ3) is 4.59. The third-order valence-corrected chi connectivity index (χ3v) is 5.63. The summed E-state index contributed by atoms with van der Waals surface area (Å²) in [6.07, 6.45) is -0.278. The number of hydrogen-bond donors (Lipinski definition) is 2. The van der Waals surface area contributed by atoms with Gasteiger partial charge in [-0.05, 0) is 36.4 Å². The number of carbonyl (C=O) groups is 1. The second kappa shape index (κ2) is 7.44. The molecule has 0 radical (unpaired) electrons. The first-order chi connectivity index (χ1) is 10.5. The summed E-state index contributed by atoms with van der Waals surface area (Å²) in [4.78, 5) is 13.1. The number of nitrogens with one attached hydrogen (secondary N) is 1. The highest BCUT2D eigenvalue weighted by molar-refractivity contribution is 7.99. The Morgan fingerprint density at radius 3 is 2.18 bits per heavy atom. The second-order valence-electron chi connectivity index (χ2n) is 4.49. The van der Waals surface area contributed by atoms with Crippen molar-refractivity contribution < 1.29 is 18.4 Å². The summed E-state index contributed by atoms with van der Waals surface area (Å²) in [7, 11) is -3.54. The SMILES string of the molecule is O=C(CCS(=O)(=O)c1ccc(Sc2ccccc2)cc1)NO. The zero-order valence-electron chi connectivity index (χ0n) is 11.6. The van der Waals surface area contributed by atoms with Crippen molar-refractivity contribution in [1.82, 2.24) is 5.48 Å². The van der Waals surface area contributed by atoms with E-state index in [2.05, 4.69) is 0 Å². The molecule has 7 heteroatoms. The molecule has 116 valence electrons. The molecule has 2 rings (SSSR count). The van der Waals surface area contributed by atoms with Gasteiger partial charge >= 0.3 is 0 Å². The lowest BCUT2D eigenvalue weighted by molar-refractivity contribution is -0.128. The zero-order chi connectivity index (χ0) is 16.0. The number of sulfone groups is 1. The fourth-order valence-electron chi connectivity index (χ4n) is 1.74. The monoisotopic (exact) mass is 337 g/mol. The van der Waals surface area contributed by atoms with Crippen LogP contribution in [-0.2, 0) is 14.6 Å². The van der Waals surface area contributed by atoms with Crippen LogP contribution in [-0.4, -0.2) is 25.3 Å². The van der Waals surface area contributed by atoms with Crippen LogP contribution in [0.15, 0.2) is 69.3 Å². The van der Waals surface area contributed by atoms with Crippen LogP contribution in [0, 0.1) is 0 Å². The van der Waals surface area contributed by atoms with Crippen LogP contribution in [0.4, 0.5) is 0 Å². The van der Waals surface area contributed by atoms with Crippen molar-refractivity contribution in [3.05, 3.63) is 54.6 Å². The molecule has 0 saturated heterocycles. The molecule has 0 heterocycles. The van der Waals surface area contributed by atoms with Crippen molar-refractivity contribution in [2.45, 2.75) is 21.1 Å². The molecule has 2 aromatic carbocycles. The van der Waals surface area contributed by atoms with Crippen molar-refractivity contribution in [3.8, 4) is 0 Å². The molecule has 0 aliphatic rings. The van der Waals surface area contributed by atoms with Gasteiger partial charge in [-0.15, -0.1) is 0 Å². The van der Waals surface area contributed by atoms with Crippen molar-refractivity contribution >= 4 is 27.5 Å². The van der Waals surface area contributed by atoms with E-state index < -0.39 is 15.7 Å². The normalized spacial score (nSPS) is 11.1. The third-order valence-electron chi connectivity index (χ3n) is 2.88. The molecular weight excluding hydrogens is 322 g/mol. The van der Waals surface area contributed by atoms with E-state index in [1.54, 1.807) is 12.1 Å². The average Bonchev–Trinajstić information content (AvgIpc) is 2.54. The Balaban J connectivity index is 2.06. The van der Waals surface area contributed by atoms with Gasteiger partial charge in [0.25, 0.3) is 0 Å². The first kappa shape index (κ1) is 16.5. The molecule has 0 aliphatic carbocycles. The Kier molecular flexibility index (Phi) is 5.59. The summed E-state index contributed by atoms with van der Waals surface area (Å²) in [6.45, 7) is 0. The first-order valence-electron chi connectivity index (χ1n) is 6.50. The number of hydroxylamine groups is 1. The summed E-state index contributed by atoms with van der Waals surface area (Å²) < 4.78 is 24.1. The molecule has 0 bridgehead atoms. The van der Waals surface area contributed by atoms with Gasteiger partial charge < -0.3 is 0 Å². The highest BCUT2D eigenvalue weighted by atomic mass is 32.2. The Bertz CT molecular complexity index is 728. The lowest BCUT2D eigenvalue weighted by Gasteiger charge is -2.06. The van der Waals surface area contributed by atoms with Crippen LogP contribution >= 0.6 is 11.8 Å². The van der Waals surface area contributed by atoms with Gasteiger partial charge in [0.2, 0.25) is 5.91 Å². The van der Waals surface area contributed by atoms with Crippen LogP contribution in [0.25, 0.3) is 0 Å². The Hall–Kier alpha value is -1.83. The minimum atomic E-state index is -3.54. The molecule has 22 heavy (non-hydrogen) atoms. The quantitative estimate of drug-likeness (QED) is 0.625. The molecule has 2 N–H and O–H groups in total. The fourth-order valence-corrected chi connectivity index (χ4v) is 3.82. The molecule has 1 amide bonds. The number of benzene rings is 2. The predicted molar refractivity (Wildman–Crippen MR) is 83.6 cm³/mol. The van der Waals surface area contributed by atoms with Crippen LogP contribution in [0.3, 0.4) is 0 Å². The van der Waals surface area contributed by atoms with E-state index in [9.17, 15) is 13.2 Å². The van der Waals surface area contributed by atoms with E-state index in [1.807, 2.05) is 30.3 Å². The highest BCUT2D eigenvalue weighted by Crippen LogP contribution is 2.28. The lowest BCUT2D eigenvalue weighted by atomic mass is 10.4. The zero-order valence-corrected chi connectivity index (χ0v) is 13.2. The Morgan fingerprint density at radius 1 is 1.00 bits per heavy atom. The fraction of sp³-hybridized carbons (Fsp3) is 0.133. The molecule has 0 saturated carbocycles. The van der Waals surface area contributed by atoms with Gasteiger partial charge in [0, 0.05) is 16.2 Å². The van der Waals surface area contributed by atoms with Gasteiger partial charge in [-0.3, -0.25) is 10.0 Å². The molecule has 0 spiro atoms.